The molecule has 2 amide bonds. The number of fused-ring (bicyclic) bond motifs is 1. The molecule has 5 nitrogen and oxygen atoms in total. The first-order chi connectivity index (χ1) is 11.4. The first-order valence-corrected chi connectivity index (χ1v) is 8.56. The van der Waals surface area contributed by atoms with Crippen molar-refractivity contribution in [2.75, 3.05) is 25.5 Å². The molecule has 0 N–H and O–H groups in total. The SMILES string of the molecule is Cc1cc(C(=O)N2C[C@@H](C(=O)N(C)C)Oc3ccccc32)c(C)s1. The third-order valence-corrected chi connectivity index (χ3v) is 4.97. The molecule has 0 aliphatic carbocycles. The third kappa shape index (κ3) is 2.89. The van der Waals surface area contributed by atoms with Gasteiger partial charge in [0.05, 0.1) is 17.8 Å². The molecule has 0 bridgehead atoms. The summed E-state index contributed by atoms with van der Waals surface area (Å²) < 4.78 is 5.82. The highest BCUT2D eigenvalue weighted by molar-refractivity contribution is 7.12. The number of aryl methyl sites for hydroxylation is 2. The largest absolute Gasteiger partial charge is 0.476 e. The van der Waals surface area contributed by atoms with Gasteiger partial charge in [-0.15, -0.1) is 11.3 Å². The Bertz CT molecular complexity index is 797. The smallest absolute Gasteiger partial charge is 0.265 e. The van der Waals surface area contributed by atoms with Gasteiger partial charge in [-0.05, 0) is 32.0 Å². The zero-order valence-corrected chi connectivity index (χ0v) is 15.0. The quantitative estimate of drug-likeness (QED) is 0.842. The van der Waals surface area contributed by atoms with Crippen molar-refractivity contribution in [1.29, 1.82) is 0 Å². The van der Waals surface area contributed by atoms with Crippen molar-refractivity contribution in [2.45, 2.75) is 20.0 Å². The highest BCUT2D eigenvalue weighted by Crippen LogP contribution is 2.35. The van der Waals surface area contributed by atoms with Gasteiger partial charge in [-0.2, -0.15) is 0 Å². The lowest BCUT2D eigenvalue weighted by Gasteiger charge is -2.35. The van der Waals surface area contributed by atoms with Crippen LogP contribution in [0.4, 0.5) is 5.69 Å². The van der Waals surface area contributed by atoms with E-state index in [2.05, 4.69) is 0 Å². The zero-order chi connectivity index (χ0) is 17.4. The van der Waals surface area contributed by atoms with Crippen molar-refractivity contribution in [3.63, 3.8) is 0 Å². The van der Waals surface area contributed by atoms with E-state index in [-0.39, 0.29) is 18.4 Å². The van der Waals surface area contributed by atoms with E-state index in [4.69, 9.17) is 4.74 Å². The van der Waals surface area contributed by atoms with E-state index in [0.29, 0.717) is 17.0 Å². The van der Waals surface area contributed by atoms with E-state index in [0.717, 1.165) is 9.75 Å². The molecule has 6 heteroatoms. The topological polar surface area (TPSA) is 49.9 Å². The number of amides is 2. The van der Waals surface area contributed by atoms with Gasteiger partial charge in [0, 0.05) is 23.8 Å². The lowest BCUT2D eigenvalue weighted by molar-refractivity contribution is -0.135. The van der Waals surface area contributed by atoms with Crippen molar-refractivity contribution in [2.24, 2.45) is 0 Å². The second-order valence-electron chi connectivity index (χ2n) is 6.05. The molecule has 0 spiro atoms. The standard InChI is InChI=1S/C18H20N2O3S/c1-11-9-13(12(2)24-11)17(21)20-10-16(18(22)19(3)4)23-15-8-6-5-7-14(15)20/h5-9,16H,10H2,1-4H3/t16-/m0/s1. The number of benzene rings is 1. The van der Waals surface area contributed by atoms with E-state index in [9.17, 15) is 9.59 Å². The summed E-state index contributed by atoms with van der Waals surface area (Å²) in [5.74, 6) is 0.312. The van der Waals surface area contributed by atoms with Crippen molar-refractivity contribution in [1.82, 2.24) is 4.90 Å². The van der Waals surface area contributed by atoms with Gasteiger partial charge >= 0.3 is 0 Å². The number of rotatable bonds is 2. The number of para-hydroxylation sites is 2. The van der Waals surface area contributed by atoms with Crippen LogP contribution >= 0.6 is 11.3 Å². The van der Waals surface area contributed by atoms with Crippen molar-refractivity contribution in [3.05, 3.63) is 45.6 Å². The number of nitrogens with zero attached hydrogens (tertiary/aromatic N) is 2. The molecule has 1 aromatic carbocycles. The Morgan fingerprint density at radius 1 is 1.25 bits per heavy atom. The molecule has 126 valence electrons. The van der Waals surface area contributed by atoms with E-state index >= 15 is 0 Å². The molecule has 1 aromatic heterocycles. The van der Waals surface area contributed by atoms with E-state index in [1.807, 2.05) is 38.1 Å². The minimum absolute atomic E-state index is 0.0934. The first kappa shape index (κ1) is 16.5. The zero-order valence-electron chi connectivity index (χ0n) is 14.2. The van der Waals surface area contributed by atoms with Gasteiger partial charge in [-0.1, -0.05) is 12.1 Å². The fourth-order valence-electron chi connectivity index (χ4n) is 2.83. The highest BCUT2D eigenvalue weighted by Gasteiger charge is 2.35. The average molecular weight is 344 g/mol. The Morgan fingerprint density at radius 3 is 2.58 bits per heavy atom. The van der Waals surface area contributed by atoms with Crippen LogP contribution in [-0.4, -0.2) is 43.5 Å². The molecule has 0 fully saturated rings. The van der Waals surface area contributed by atoms with Gasteiger partial charge in [-0.25, -0.2) is 0 Å². The molecule has 24 heavy (non-hydrogen) atoms. The number of hydrogen-bond donors (Lipinski definition) is 0. The van der Waals surface area contributed by atoms with Crippen LogP contribution in [0.25, 0.3) is 0 Å². The van der Waals surface area contributed by atoms with Crippen LogP contribution in [0, 0.1) is 13.8 Å². The molecule has 2 aromatic rings. The molecular formula is C18H20N2O3S. The second-order valence-corrected chi connectivity index (χ2v) is 7.51. The van der Waals surface area contributed by atoms with Crippen LogP contribution in [0.3, 0.4) is 0 Å². The van der Waals surface area contributed by atoms with Crippen LogP contribution in [-0.2, 0) is 4.79 Å². The molecule has 0 saturated heterocycles. The molecule has 1 atom stereocenters. The third-order valence-electron chi connectivity index (χ3n) is 4.01. The Morgan fingerprint density at radius 2 is 1.96 bits per heavy atom. The van der Waals surface area contributed by atoms with Gasteiger partial charge in [0.15, 0.2) is 6.10 Å². The van der Waals surface area contributed by atoms with Gasteiger partial charge in [0.2, 0.25) is 0 Å². The maximum Gasteiger partial charge on any atom is 0.265 e. The van der Waals surface area contributed by atoms with Crippen LogP contribution in [0.1, 0.15) is 20.1 Å². The van der Waals surface area contributed by atoms with Gasteiger partial charge in [0.25, 0.3) is 11.8 Å². The summed E-state index contributed by atoms with van der Waals surface area (Å²) in [5, 5.41) is 0. The maximum atomic E-state index is 13.1. The summed E-state index contributed by atoms with van der Waals surface area (Å²) in [6, 6.07) is 9.24. The van der Waals surface area contributed by atoms with Crippen LogP contribution in [0.15, 0.2) is 30.3 Å². The Labute approximate surface area is 145 Å². The fourth-order valence-corrected chi connectivity index (χ4v) is 3.75. The summed E-state index contributed by atoms with van der Waals surface area (Å²) in [5.41, 5.74) is 1.39. The Balaban J connectivity index is 2.00. The second kappa shape index (κ2) is 6.28. The van der Waals surface area contributed by atoms with Crippen molar-refractivity contribution < 1.29 is 14.3 Å². The normalized spacial score (nSPS) is 16.3. The van der Waals surface area contributed by atoms with Gasteiger partial charge < -0.3 is 14.5 Å². The molecule has 1 aliphatic rings. The minimum atomic E-state index is -0.695. The monoisotopic (exact) mass is 344 g/mol. The molecular weight excluding hydrogens is 324 g/mol. The number of carbonyl (C=O) groups is 2. The maximum absolute atomic E-state index is 13.1. The predicted molar refractivity (Wildman–Crippen MR) is 95.0 cm³/mol. The van der Waals surface area contributed by atoms with Crippen LogP contribution < -0.4 is 9.64 Å². The number of ether oxygens (including phenoxy) is 1. The van der Waals surface area contributed by atoms with Crippen LogP contribution in [0.2, 0.25) is 0 Å². The summed E-state index contributed by atoms with van der Waals surface area (Å²) >= 11 is 1.60. The summed E-state index contributed by atoms with van der Waals surface area (Å²) in [7, 11) is 3.37. The number of carbonyl (C=O) groups excluding carboxylic acids is 2. The number of likely N-dealkylation sites (N-methyl/N-ethyl adjacent to an activating group) is 1. The first-order valence-electron chi connectivity index (χ1n) is 7.74. The van der Waals surface area contributed by atoms with E-state index < -0.39 is 6.10 Å². The molecule has 0 unspecified atom stereocenters. The lowest BCUT2D eigenvalue weighted by Crippen LogP contribution is -2.50. The van der Waals surface area contributed by atoms with E-state index in [1.54, 1.807) is 36.4 Å². The highest BCUT2D eigenvalue weighted by atomic mass is 32.1. The summed E-state index contributed by atoms with van der Waals surface area (Å²) in [6.07, 6.45) is -0.695. The minimum Gasteiger partial charge on any atom is -0.476 e. The molecule has 2 heterocycles. The average Bonchev–Trinajstić information content (AvgIpc) is 2.90. The van der Waals surface area contributed by atoms with Crippen molar-refractivity contribution in [3.8, 4) is 5.75 Å². The molecule has 0 saturated carbocycles. The van der Waals surface area contributed by atoms with Gasteiger partial charge in [-0.3, -0.25) is 9.59 Å². The van der Waals surface area contributed by atoms with Gasteiger partial charge in [0.1, 0.15) is 5.75 Å². The molecule has 3 rings (SSSR count). The fraction of sp³-hybridized carbons (Fsp3) is 0.333. The van der Waals surface area contributed by atoms with E-state index in [1.165, 1.54) is 4.90 Å². The van der Waals surface area contributed by atoms with Crippen molar-refractivity contribution >= 4 is 28.8 Å². The number of anilines is 1. The lowest BCUT2D eigenvalue weighted by atomic mass is 10.1. The van der Waals surface area contributed by atoms with Crippen LogP contribution in [0.5, 0.6) is 5.75 Å². The molecule has 0 radical (unpaired) electrons. The predicted octanol–water partition coefficient (Wildman–Crippen LogP) is 2.86. The summed E-state index contributed by atoms with van der Waals surface area (Å²) in [6.45, 7) is 4.14. The number of hydrogen-bond acceptors (Lipinski definition) is 4. The number of thiophene rings is 1. The Hall–Kier alpha value is -2.34. The summed E-state index contributed by atoms with van der Waals surface area (Å²) in [4.78, 5) is 30.7. The molecule has 1 aliphatic heterocycles. The Kier molecular flexibility index (Phi) is 4.32.